The van der Waals surface area contributed by atoms with Crippen LogP contribution in [0, 0.1) is 0 Å². The van der Waals surface area contributed by atoms with Crippen molar-refractivity contribution in [2.24, 2.45) is 0 Å². The van der Waals surface area contributed by atoms with E-state index in [1.807, 2.05) is 97.1 Å². The second kappa shape index (κ2) is 17.8. The van der Waals surface area contributed by atoms with Crippen LogP contribution < -0.4 is 9.47 Å². The maximum atomic E-state index is 13.7. The standard InChI is InChI=1S/C40H48N2O4/c1-5-31(3)35-21-13-15-23-37(35)45-29-39(43)41(27-33-17-9-7-10-18-33)25-26-42(28-34-19-11-8-12-20-34)40(44)30-46-38-24-16-14-22-36(38)32(4)6-2/h7-24,31-32H,5-6,25-30H2,1-4H3. The Kier molecular flexibility index (Phi) is 13.3. The quantitative estimate of drug-likeness (QED) is 0.119. The van der Waals surface area contributed by atoms with Gasteiger partial charge in [-0.1, -0.05) is 125 Å². The first-order chi connectivity index (χ1) is 22.4. The monoisotopic (exact) mass is 620 g/mol. The Bertz CT molecular complexity index is 1390. The summed E-state index contributed by atoms with van der Waals surface area (Å²) in [5, 5.41) is 0. The van der Waals surface area contributed by atoms with Gasteiger partial charge in [-0.25, -0.2) is 0 Å². The van der Waals surface area contributed by atoms with Gasteiger partial charge in [0.25, 0.3) is 11.8 Å². The summed E-state index contributed by atoms with van der Waals surface area (Å²) < 4.78 is 12.3. The van der Waals surface area contributed by atoms with Crippen LogP contribution in [0.15, 0.2) is 109 Å². The molecule has 6 nitrogen and oxygen atoms in total. The van der Waals surface area contributed by atoms with Crippen LogP contribution in [0.4, 0.5) is 0 Å². The third-order valence-electron chi connectivity index (χ3n) is 8.60. The molecule has 46 heavy (non-hydrogen) atoms. The topological polar surface area (TPSA) is 59.1 Å². The van der Waals surface area contributed by atoms with Crippen LogP contribution in [-0.4, -0.2) is 47.9 Å². The van der Waals surface area contributed by atoms with Crippen molar-refractivity contribution >= 4 is 11.8 Å². The number of para-hydroxylation sites is 2. The fourth-order valence-corrected chi connectivity index (χ4v) is 5.37. The smallest absolute Gasteiger partial charge is 0.260 e. The zero-order valence-electron chi connectivity index (χ0n) is 27.7. The normalized spacial score (nSPS) is 12.2. The molecule has 0 radical (unpaired) electrons. The van der Waals surface area contributed by atoms with Gasteiger partial charge in [0.15, 0.2) is 13.2 Å². The number of carbonyl (C=O) groups excluding carboxylic acids is 2. The number of hydrogen-bond acceptors (Lipinski definition) is 4. The number of amides is 2. The molecule has 0 aromatic heterocycles. The Labute approximate surface area is 275 Å². The number of benzene rings is 4. The molecule has 4 rings (SSSR count). The lowest BCUT2D eigenvalue weighted by Gasteiger charge is -2.29. The molecule has 2 amide bonds. The Hall–Kier alpha value is -4.58. The minimum absolute atomic E-state index is 0.0809. The maximum Gasteiger partial charge on any atom is 0.260 e. The molecular formula is C40H48N2O4. The molecule has 2 unspecified atom stereocenters. The zero-order chi connectivity index (χ0) is 32.7. The fourth-order valence-electron chi connectivity index (χ4n) is 5.37. The molecule has 4 aromatic carbocycles. The largest absolute Gasteiger partial charge is 0.483 e. The highest BCUT2D eigenvalue weighted by molar-refractivity contribution is 5.79. The molecule has 0 aliphatic rings. The molecule has 0 heterocycles. The fraction of sp³-hybridized carbons (Fsp3) is 0.350. The predicted molar refractivity (Wildman–Crippen MR) is 185 cm³/mol. The third-order valence-corrected chi connectivity index (χ3v) is 8.60. The molecule has 0 bridgehead atoms. The van der Waals surface area contributed by atoms with Crippen molar-refractivity contribution in [1.82, 2.24) is 9.80 Å². The molecule has 0 aliphatic carbocycles. The van der Waals surface area contributed by atoms with E-state index in [-0.39, 0.29) is 25.0 Å². The average Bonchev–Trinajstić information content (AvgIpc) is 3.11. The number of hydrogen-bond donors (Lipinski definition) is 0. The first-order valence-corrected chi connectivity index (χ1v) is 16.5. The zero-order valence-corrected chi connectivity index (χ0v) is 27.7. The summed E-state index contributed by atoms with van der Waals surface area (Å²) in [4.78, 5) is 31.0. The highest BCUT2D eigenvalue weighted by Gasteiger charge is 2.21. The highest BCUT2D eigenvalue weighted by Crippen LogP contribution is 2.29. The SMILES string of the molecule is CCC(C)c1ccccc1OCC(=O)N(CCN(Cc1ccccc1)C(=O)COc1ccccc1C(C)CC)Cc1ccccc1. The van der Waals surface area contributed by atoms with E-state index < -0.39 is 0 Å². The molecule has 0 N–H and O–H groups in total. The average molecular weight is 621 g/mol. The summed E-state index contributed by atoms with van der Waals surface area (Å²) in [6, 6.07) is 35.7. The second-order valence-corrected chi connectivity index (χ2v) is 11.9. The van der Waals surface area contributed by atoms with Crippen LogP contribution in [0.3, 0.4) is 0 Å². The first-order valence-electron chi connectivity index (χ1n) is 16.5. The minimum atomic E-state index is -0.131. The highest BCUT2D eigenvalue weighted by atomic mass is 16.5. The Morgan fingerprint density at radius 1 is 0.543 bits per heavy atom. The lowest BCUT2D eigenvalue weighted by Crippen LogP contribution is -2.43. The summed E-state index contributed by atoms with van der Waals surface area (Å²) in [6.45, 7) is 10.00. The van der Waals surface area contributed by atoms with Gasteiger partial charge < -0.3 is 19.3 Å². The third kappa shape index (κ3) is 9.96. The van der Waals surface area contributed by atoms with E-state index in [2.05, 4.69) is 39.8 Å². The van der Waals surface area contributed by atoms with Gasteiger partial charge in [0, 0.05) is 26.2 Å². The van der Waals surface area contributed by atoms with Crippen molar-refractivity contribution in [2.45, 2.75) is 65.5 Å². The molecule has 0 spiro atoms. The van der Waals surface area contributed by atoms with Gasteiger partial charge in [0.05, 0.1) is 0 Å². The van der Waals surface area contributed by atoms with Crippen molar-refractivity contribution in [3.05, 3.63) is 131 Å². The van der Waals surface area contributed by atoms with Crippen molar-refractivity contribution in [3.63, 3.8) is 0 Å². The second-order valence-electron chi connectivity index (χ2n) is 11.9. The molecule has 6 heteroatoms. The molecule has 0 fully saturated rings. The van der Waals surface area contributed by atoms with Gasteiger partial charge in [0.2, 0.25) is 0 Å². The van der Waals surface area contributed by atoms with Gasteiger partial charge >= 0.3 is 0 Å². The van der Waals surface area contributed by atoms with Crippen LogP contribution in [0.1, 0.15) is 74.6 Å². The van der Waals surface area contributed by atoms with E-state index in [1.165, 1.54) is 0 Å². The van der Waals surface area contributed by atoms with E-state index in [1.54, 1.807) is 9.80 Å². The van der Waals surface area contributed by atoms with Crippen molar-refractivity contribution in [1.29, 1.82) is 0 Å². The van der Waals surface area contributed by atoms with E-state index in [0.717, 1.165) is 46.6 Å². The number of nitrogens with zero attached hydrogens (tertiary/aromatic N) is 2. The van der Waals surface area contributed by atoms with Gasteiger partial charge in [-0.2, -0.15) is 0 Å². The van der Waals surface area contributed by atoms with E-state index in [4.69, 9.17) is 9.47 Å². The first kappa shape index (κ1) is 34.3. The minimum Gasteiger partial charge on any atom is -0.483 e. The molecule has 242 valence electrons. The Morgan fingerprint density at radius 3 is 1.26 bits per heavy atom. The van der Waals surface area contributed by atoms with E-state index in [0.29, 0.717) is 38.0 Å². The molecule has 2 atom stereocenters. The molecule has 0 saturated heterocycles. The summed E-state index contributed by atoms with van der Waals surface area (Å²) in [5.74, 6) is 1.86. The molecular weight excluding hydrogens is 572 g/mol. The van der Waals surface area contributed by atoms with Gasteiger partial charge in [-0.05, 0) is 59.1 Å². The summed E-state index contributed by atoms with van der Waals surface area (Å²) in [7, 11) is 0. The van der Waals surface area contributed by atoms with Crippen molar-refractivity contribution in [3.8, 4) is 11.5 Å². The van der Waals surface area contributed by atoms with Crippen LogP contribution in [-0.2, 0) is 22.7 Å². The number of ether oxygens (including phenoxy) is 2. The van der Waals surface area contributed by atoms with Gasteiger partial charge in [-0.3, -0.25) is 9.59 Å². The maximum absolute atomic E-state index is 13.7. The number of carbonyl (C=O) groups is 2. The summed E-state index contributed by atoms with van der Waals surface area (Å²) >= 11 is 0. The lowest BCUT2D eigenvalue weighted by atomic mass is 9.98. The lowest BCUT2D eigenvalue weighted by molar-refractivity contribution is -0.138. The Balaban J connectivity index is 1.50. The number of rotatable bonds is 17. The van der Waals surface area contributed by atoms with Crippen LogP contribution in [0.25, 0.3) is 0 Å². The van der Waals surface area contributed by atoms with Crippen LogP contribution in [0.5, 0.6) is 11.5 Å². The summed E-state index contributed by atoms with van der Waals surface area (Å²) in [6.07, 6.45) is 1.96. The Morgan fingerprint density at radius 2 is 0.891 bits per heavy atom. The van der Waals surface area contributed by atoms with Crippen molar-refractivity contribution < 1.29 is 19.1 Å². The van der Waals surface area contributed by atoms with Crippen LogP contribution in [0.2, 0.25) is 0 Å². The predicted octanol–water partition coefficient (Wildman–Crippen LogP) is 8.23. The molecule has 0 saturated carbocycles. The van der Waals surface area contributed by atoms with E-state index in [9.17, 15) is 9.59 Å². The van der Waals surface area contributed by atoms with Crippen LogP contribution >= 0.6 is 0 Å². The van der Waals surface area contributed by atoms with Gasteiger partial charge in [-0.15, -0.1) is 0 Å². The van der Waals surface area contributed by atoms with Gasteiger partial charge in [0.1, 0.15) is 11.5 Å². The van der Waals surface area contributed by atoms with E-state index >= 15 is 0 Å². The molecule has 4 aromatic rings. The molecule has 0 aliphatic heterocycles. The summed E-state index contributed by atoms with van der Waals surface area (Å²) in [5.41, 5.74) is 4.23. The van der Waals surface area contributed by atoms with Crippen molar-refractivity contribution in [2.75, 3.05) is 26.3 Å².